The standard InChI is InChI=1S/C23H21FN4O2/c1-2-13-27(15-18-5-3-17(14-25)4-6-18)23(30)21-11-12-22(29)28(26-21)16-19-7-9-20(24)10-8-19/h2-10H,1,11-13,15-16H2. The van der Waals surface area contributed by atoms with Crippen LogP contribution in [-0.4, -0.2) is 34.0 Å². The molecule has 1 heterocycles. The van der Waals surface area contributed by atoms with Crippen LogP contribution < -0.4 is 0 Å². The van der Waals surface area contributed by atoms with Crippen molar-refractivity contribution in [2.45, 2.75) is 25.9 Å². The molecule has 0 bridgehead atoms. The minimum atomic E-state index is -0.356. The molecule has 6 nitrogen and oxygen atoms in total. The number of nitrogens with zero attached hydrogens (tertiary/aromatic N) is 4. The average Bonchev–Trinajstić information content (AvgIpc) is 2.76. The zero-order chi connectivity index (χ0) is 21.5. The zero-order valence-corrected chi connectivity index (χ0v) is 16.4. The highest BCUT2D eigenvalue weighted by atomic mass is 19.1. The summed E-state index contributed by atoms with van der Waals surface area (Å²) in [6.07, 6.45) is 2.08. The summed E-state index contributed by atoms with van der Waals surface area (Å²) in [7, 11) is 0. The lowest BCUT2D eigenvalue weighted by Gasteiger charge is -2.27. The summed E-state index contributed by atoms with van der Waals surface area (Å²) < 4.78 is 13.1. The molecule has 2 aromatic carbocycles. The number of hydrogen-bond donors (Lipinski definition) is 0. The number of hydrogen-bond acceptors (Lipinski definition) is 4. The van der Waals surface area contributed by atoms with Gasteiger partial charge in [0.15, 0.2) is 0 Å². The third-order valence-electron chi connectivity index (χ3n) is 4.69. The Morgan fingerprint density at radius 3 is 2.47 bits per heavy atom. The lowest BCUT2D eigenvalue weighted by Crippen LogP contribution is -2.41. The predicted octanol–water partition coefficient (Wildman–Crippen LogP) is 3.39. The van der Waals surface area contributed by atoms with E-state index in [0.717, 1.165) is 11.1 Å². The first-order valence-corrected chi connectivity index (χ1v) is 9.51. The fourth-order valence-corrected chi connectivity index (χ4v) is 3.10. The first-order valence-electron chi connectivity index (χ1n) is 9.51. The summed E-state index contributed by atoms with van der Waals surface area (Å²) in [5.74, 6) is -0.805. The van der Waals surface area contributed by atoms with E-state index in [1.807, 2.05) is 0 Å². The van der Waals surface area contributed by atoms with Gasteiger partial charge < -0.3 is 4.90 Å². The van der Waals surface area contributed by atoms with E-state index in [4.69, 9.17) is 5.26 Å². The molecule has 0 radical (unpaired) electrons. The van der Waals surface area contributed by atoms with Crippen LogP contribution in [0.5, 0.6) is 0 Å². The molecule has 0 saturated carbocycles. The number of halogens is 1. The van der Waals surface area contributed by atoms with E-state index in [1.165, 1.54) is 17.1 Å². The monoisotopic (exact) mass is 404 g/mol. The zero-order valence-electron chi connectivity index (χ0n) is 16.4. The second-order valence-corrected chi connectivity index (χ2v) is 6.91. The van der Waals surface area contributed by atoms with Crippen LogP contribution in [0.1, 0.15) is 29.5 Å². The number of rotatable bonds is 7. The third kappa shape index (κ3) is 5.17. The van der Waals surface area contributed by atoms with Crippen molar-refractivity contribution in [2.75, 3.05) is 6.54 Å². The number of benzene rings is 2. The minimum absolute atomic E-state index is 0.174. The van der Waals surface area contributed by atoms with Gasteiger partial charge in [-0.05, 0) is 35.4 Å². The number of carbonyl (C=O) groups excluding carboxylic acids is 2. The van der Waals surface area contributed by atoms with Gasteiger partial charge in [-0.2, -0.15) is 10.4 Å². The summed E-state index contributed by atoms with van der Waals surface area (Å²) in [5, 5.41) is 14.5. The van der Waals surface area contributed by atoms with E-state index in [1.54, 1.807) is 47.4 Å². The maximum atomic E-state index is 13.1. The Balaban J connectivity index is 1.76. The number of nitriles is 1. The molecule has 0 N–H and O–H groups in total. The van der Waals surface area contributed by atoms with Crippen LogP contribution in [-0.2, 0) is 22.7 Å². The maximum absolute atomic E-state index is 13.1. The van der Waals surface area contributed by atoms with Gasteiger partial charge in [0.2, 0.25) is 5.91 Å². The largest absolute Gasteiger partial charge is 0.330 e. The van der Waals surface area contributed by atoms with E-state index >= 15 is 0 Å². The van der Waals surface area contributed by atoms with Crippen molar-refractivity contribution >= 4 is 17.5 Å². The van der Waals surface area contributed by atoms with Crippen LogP contribution in [0.15, 0.2) is 66.3 Å². The van der Waals surface area contributed by atoms with Gasteiger partial charge in [0, 0.05) is 25.9 Å². The Morgan fingerprint density at radius 2 is 1.83 bits per heavy atom. The summed E-state index contributed by atoms with van der Waals surface area (Å²) >= 11 is 0. The van der Waals surface area contributed by atoms with Crippen molar-refractivity contribution in [2.24, 2.45) is 5.10 Å². The molecule has 0 spiro atoms. The van der Waals surface area contributed by atoms with Gasteiger partial charge in [-0.15, -0.1) is 6.58 Å². The first-order chi connectivity index (χ1) is 14.5. The average molecular weight is 404 g/mol. The molecule has 1 aliphatic rings. The molecule has 7 heteroatoms. The lowest BCUT2D eigenvalue weighted by atomic mass is 10.1. The molecule has 0 aliphatic carbocycles. The molecule has 30 heavy (non-hydrogen) atoms. The summed E-state index contributed by atoms with van der Waals surface area (Å²) in [6, 6.07) is 14.9. The maximum Gasteiger partial charge on any atom is 0.270 e. The lowest BCUT2D eigenvalue weighted by molar-refractivity contribution is -0.132. The molecule has 2 amide bonds. The quantitative estimate of drug-likeness (QED) is 0.664. The van der Waals surface area contributed by atoms with E-state index in [0.29, 0.717) is 24.4 Å². The highest BCUT2D eigenvalue weighted by Gasteiger charge is 2.27. The van der Waals surface area contributed by atoms with E-state index < -0.39 is 0 Å². The van der Waals surface area contributed by atoms with Crippen LogP contribution in [0.25, 0.3) is 0 Å². The molecule has 0 saturated heterocycles. The smallest absolute Gasteiger partial charge is 0.270 e. The van der Waals surface area contributed by atoms with Gasteiger partial charge >= 0.3 is 0 Å². The van der Waals surface area contributed by atoms with Crippen LogP contribution in [0.2, 0.25) is 0 Å². The van der Waals surface area contributed by atoms with Crippen molar-refractivity contribution in [3.63, 3.8) is 0 Å². The first kappa shape index (κ1) is 20.9. The van der Waals surface area contributed by atoms with Crippen molar-refractivity contribution < 1.29 is 14.0 Å². The fraction of sp³-hybridized carbons (Fsp3) is 0.217. The van der Waals surface area contributed by atoms with Gasteiger partial charge in [-0.1, -0.05) is 30.3 Å². The Morgan fingerprint density at radius 1 is 1.17 bits per heavy atom. The number of amides is 2. The Labute approximate surface area is 174 Å². The molecule has 3 rings (SSSR count). The van der Waals surface area contributed by atoms with Gasteiger partial charge in [-0.3, -0.25) is 9.59 Å². The van der Waals surface area contributed by atoms with E-state index in [2.05, 4.69) is 17.7 Å². The summed E-state index contributed by atoms with van der Waals surface area (Å²) in [5.41, 5.74) is 2.45. The van der Waals surface area contributed by atoms with Crippen LogP contribution >= 0.6 is 0 Å². The second-order valence-electron chi connectivity index (χ2n) is 6.91. The molecule has 152 valence electrons. The highest BCUT2D eigenvalue weighted by Crippen LogP contribution is 2.16. The minimum Gasteiger partial charge on any atom is -0.330 e. The summed E-state index contributed by atoms with van der Waals surface area (Å²) in [6.45, 7) is 4.55. The Bertz CT molecular complexity index is 1010. The van der Waals surface area contributed by atoms with Crippen molar-refractivity contribution in [1.82, 2.24) is 9.91 Å². The van der Waals surface area contributed by atoms with Crippen LogP contribution in [0.3, 0.4) is 0 Å². The topological polar surface area (TPSA) is 76.8 Å². The Kier molecular flexibility index (Phi) is 6.71. The van der Waals surface area contributed by atoms with Gasteiger partial charge in [0.05, 0.1) is 18.2 Å². The molecule has 0 aromatic heterocycles. The number of hydrazone groups is 1. The normalized spacial score (nSPS) is 13.4. The van der Waals surface area contributed by atoms with E-state index in [9.17, 15) is 14.0 Å². The SMILES string of the molecule is C=CCN(Cc1ccc(C#N)cc1)C(=O)C1=NN(Cc2ccc(F)cc2)C(=O)CC1. The highest BCUT2D eigenvalue weighted by molar-refractivity contribution is 6.39. The van der Waals surface area contributed by atoms with Gasteiger partial charge in [0.1, 0.15) is 11.5 Å². The molecule has 1 aliphatic heterocycles. The van der Waals surface area contributed by atoms with Crippen molar-refractivity contribution in [1.29, 1.82) is 5.26 Å². The summed E-state index contributed by atoms with van der Waals surface area (Å²) in [4.78, 5) is 26.9. The van der Waals surface area contributed by atoms with Crippen LogP contribution in [0, 0.1) is 17.1 Å². The molecule has 2 aromatic rings. The van der Waals surface area contributed by atoms with Crippen molar-refractivity contribution in [3.8, 4) is 6.07 Å². The number of carbonyl (C=O) groups is 2. The molecular weight excluding hydrogens is 383 g/mol. The third-order valence-corrected chi connectivity index (χ3v) is 4.69. The molecular formula is C23H21FN4O2. The fourth-order valence-electron chi connectivity index (χ4n) is 3.10. The molecule has 0 atom stereocenters. The van der Waals surface area contributed by atoms with Gasteiger partial charge in [0.25, 0.3) is 5.91 Å². The van der Waals surface area contributed by atoms with Gasteiger partial charge in [-0.25, -0.2) is 9.40 Å². The van der Waals surface area contributed by atoms with Crippen LogP contribution in [0.4, 0.5) is 4.39 Å². The second kappa shape index (κ2) is 9.61. The van der Waals surface area contributed by atoms with E-state index in [-0.39, 0.29) is 37.0 Å². The molecule has 0 fully saturated rings. The van der Waals surface area contributed by atoms with Crippen molar-refractivity contribution in [3.05, 3.63) is 83.7 Å². The molecule has 0 unspecified atom stereocenters. The Hall–Kier alpha value is -3.79. The predicted molar refractivity (Wildman–Crippen MR) is 110 cm³/mol.